The van der Waals surface area contributed by atoms with Gasteiger partial charge >= 0.3 is 0 Å². The van der Waals surface area contributed by atoms with Crippen molar-refractivity contribution in [2.24, 2.45) is 17.8 Å². The van der Waals surface area contributed by atoms with Gasteiger partial charge in [-0.05, 0) is 51.1 Å². The molecule has 0 saturated heterocycles. The third-order valence-electron chi connectivity index (χ3n) is 8.32. The Morgan fingerprint density at radius 1 is 0.553 bits per heavy atom. The number of rotatable bonds is 7. The minimum absolute atomic E-state index is 0.216. The second-order valence-corrected chi connectivity index (χ2v) is 10.5. The summed E-state index contributed by atoms with van der Waals surface area (Å²) in [6.45, 7) is 9.45. The van der Waals surface area contributed by atoms with Crippen molar-refractivity contribution in [3.63, 3.8) is 0 Å². The highest BCUT2D eigenvalue weighted by Gasteiger charge is 2.35. The molecule has 6 rings (SSSR count). The predicted octanol–water partition coefficient (Wildman–Crippen LogP) is 7.63. The number of benzene rings is 3. The summed E-state index contributed by atoms with van der Waals surface area (Å²) in [6, 6.07) is 30.5. The quantitative estimate of drug-likeness (QED) is 0.319. The van der Waals surface area contributed by atoms with Gasteiger partial charge in [0.15, 0.2) is 0 Å². The summed E-state index contributed by atoms with van der Waals surface area (Å²) in [6.07, 6.45) is 20.2. The fourth-order valence-corrected chi connectivity index (χ4v) is 6.47. The van der Waals surface area contributed by atoms with Gasteiger partial charge in [0.1, 0.15) is 0 Å². The van der Waals surface area contributed by atoms with E-state index in [0.29, 0.717) is 0 Å². The van der Waals surface area contributed by atoms with E-state index in [4.69, 9.17) is 6.58 Å². The molecule has 3 aliphatic rings. The van der Waals surface area contributed by atoms with E-state index in [1.807, 2.05) is 0 Å². The first kappa shape index (κ1) is 24.2. The van der Waals surface area contributed by atoms with Crippen LogP contribution >= 0.6 is 0 Å². The van der Waals surface area contributed by atoms with Gasteiger partial charge in [-0.15, -0.1) is 0 Å². The van der Waals surface area contributed by atoms with Crippen molar-refractivity contribution in [1.82, 2.24) is 0 Å². The van der Waals surface area contributed by atoms with Crippen molar-refractivity contribution in [3.05, 3.63) is 179 Å². The van der Waals surface area contributed by atoms with Crippen molar-refractivity contribution in [1.29, 1.82) is 0 Å². The highest BCUT2D eigenvalue weighted by molar-refractivity contribution is 5.80. The van der Waals surface area contributed by atoms with Crippen LogP contribution in [0.1, 0.15) is 23.5 Å². The van der Waals surface area contributed by atoms with Crippen LogP contribution in [0.3, 0.4) is 0 Å². The molecule has 0 spiro atoms. The molecule has 0 heterocycles. The second kappa shape index (κ2) is 10.7. The lowest BCUT2D eigenvalue weighted by atomic mass is 9.66. The molecule has 186 valence electrons. The summed E-state index contributed by atoms with van der Waals surface area (Å²) < 4.78 is 0. The zero-order valence-corrected chi connectivity index (χ0v) is 21.8. The fraction of sp³-hybridized carbons (Fsp3) is 0.158. The van der Waals surface area contributed by atoms with E-state index in [9.17, 15) is 0 Å². The average molecular weight is 491 g/mol. The standard InChI is InChI=1S/C38H34/c1-27(25-26-29-15-5-3-6-16-29)37-33-21-11-13-23-35(33)38(36-24-14-12-22-34(36)37)28(2)31-19-9-10-20-32(31)30-17-7-4-8-18-30/h3-24,31-33,35H,1-2,25-26H2. The van der Waals surface area contributed by atoms with Gasteiger partial charge < -0.3 is 0 Å². The lowest BCUT2D eigenvalue weighted by Crippen LogP contribution is -2.41. The van der Waals surface area contributed by atoms with Crippen LogP contribution in [-0.2, 0) is 6.42 Å². The van der Waals surface area contributed by atoms with E-state index in [2.05, 4.69) is 140 Å². The summed E-state index contributed by atoms with van der Waals surface area (Å²) in [5.74, 6) is 1.01. The molecule has 0 aromatic heterocycles. The van der Waals surface area contributed by atoms with Crippen LogP contribution in [0, 0.1) is 17.8 Å². The van der Waals surface area contributed by atoms with E-state index in [-0.39, 0.29) is 23.7 Å². The molecule has 0 nitrogen and oxygen atoms in total. The highest BCUT2D eigenvalue weighted by Crippen LogP contribution is 2.45. The van der Waals surface area contributed by atoms with Crippen LogP contribution in [0.5, 0.6) is 0 Å². The third kappa shape index (κ3) is 4.52. The molecular formula is C38H34. The molecule has 0 aliphatic heterocycles. The summed E-state index contributed by atoms with van der Waals surface area (Å²) >= 11 is 0. The van der Waals surface area contributed by atoms with Gasteiger partial charge in [0, 0.05) is 23.7 Å². The highest BCUT2D eigenvalue weighted by atomic mass is 14.4. The molecule has 3 aromatic carbocycles. The monoisotopic (exact) mass is 490 g/mol. The van der Waals surface area contributed by atoms with Crippen LogP contribution < -0.4 is 10.4 Å². The van der Waals surface area contributed by atoms with Crippen LogP contribution in [0.2, 0.25) is 0 Å². The van der Waals surface area contributed by atoms with E-state index in [1.54, 1.807) is 0 Å². The van der Waals surface area contributed by atoms with Crippen LogP contribution in [0.15, 0.2) is 158 Å². The normalized spacial score (nSPS) is 23.2. The van der Waals surface area contributed by atoms with Gasteiger partial charge in [0.2, 0.25) is 0 Å². The molecule has 0 bridgehead atoms. The molecule has 38 heavy (non-hydrogen) atoms. The van der Waals surface area contributed by atoms with E-state index < -0.39 is 0 Å². The zero-order valence-electron chi connectivity index (χ0n) is 21.8. The largest absolute Gasteiger partial charge is 0.0955 e. The number of hydrogen-bond donors (Lipinski definition) is 0. The molecule has 0 heteroatoms. The van der Waals surface area contributed by atoms with E-state index in [0.717, 1.165) is 12.8 Å². The maximum absolute atomic E-state index is 4.80. The Hall–Kier alpha value is -4.16. The lowest BCUT2D eigenvalue weighted by molar-refractivity contribution is 0.635. The summed E-state index contributed by atoms with van der Waals surface area (Å²) in [7, 11) is 0. The summed E-state index contributed by atoms with van der Waals surface area (Å²) in [5, 5.41) is 2.62. The molecule has 3 aliphatic carbocycles. The van der Waals surface area contributed by atoms with Crippen molar-refractivity contribution in [3.8, 4) is 0 Å². The first-order chi connectivity index (χ1) is 18.7. The average Bonchev–Trinajstić information content (AvgIpc) is 2.99. The SMILES string of the molecule is C=C(CCc1ccccc1)C1=c2ccccc2=C(C(=C)C2C=CC=CC2c2ccccc2)C2C=CC=CC12. The Morgan fingerprint density at radius 3 is 1.76 bits per heavy atom. The number of fused-ring (bicyclic) bond motifs is 2. The summed E-state index contributed by atoms with van der Waals surface area (Å²) in [4.78, 5) is 0. The van der Waals surface area contributed by atoms with E-state index in [1.165, 1.54) is 43.9 Å². The maximum Gasteiger partial charge on any atom is 0.0134 e. The Labute approximate surface area is 226 Å². The molecule has 0 radical (unpaired) electrons. The molecule has 3 aromatic rings. The molecule has 4 unspecified atom stereocenters. The van der Waals surface area contributed by atoms with Gasteiger partial charge in [0.25, 0.3) is 0 Å². The van der Waals surface area contributed by atoms with Gasteiger partial charge in [0.05, 0.1) is 0 Å². The minimum Gasteiger partial charge on any atom is -0.0955 e. The van der Waals surface area contributed by atoms with Crippen molar-refractivity contribution in [2.75, 3.05) is 0 Å². The minimum atomic E-state index is 0.216. The van der Waals surface area contributed by atoms with Crippen LogP contribution in [-0.4, -0.2) is 0 Å². The number of aryl methyl sites for hydroxylation is 1. The first-order valence-electron chi connectivity index (χ1n) is 13.7. The number of allylic oxidation sites excluding steroid dienone is 10. The van der Waals surface area contributed by atoms with Gasteiger partial charge in [-0.25, -0.2) is 0 Å². The summed E-state index contributed by atoms with van der Waals surface area (Å²) in [5.41, 5.74) is 7.91. The van der Waals surface area contributed by atoms with Crippen LogP contribution in [0.25, 0.3) is 11.1 Å². The Bertz CT molecular complexity index is 1590. The smallest absolute Gasteiger partial charge is 0.0134 e. The lowest BCUT2D eigenvalue weighted by Gasteiger charge is -2.37. The van der Waals surface area contributed by atoms with Crippen molar-refractivity contribution < 1.29 is 0 Å². The third-order valence-corrected chi connectivity index (χ3v) is 8.32. The predicted molar refractivity (Wildman–Crippen MR) is 162 cm³/mol. The topological polar surface area (TPSA) is 0 Å². The number of hydrogen-bond acceptors (Lipinski definition) is 0. The first-order valence-corrected chi connectivity index (χ1v) is 13.7. The van der Waals surface area contributed by atoms with Crippen molar-refractivity contribution in [2.45, 2.75) is 18.8 Å². The van der Waals surface area contributed by atoms with Gasteiger partial charge in [-0.1, -0.05) is 152 Å². The zero-order chi connectivity index (χ0) is 25.9. The Kier molecular flexibility index (Phi) is 6.80. The van der Waals surface area contributed by atoms with Crippen LogP contribution in [0.4, 0.5) is 0 Å². The molecule has 4 atom stereocenters. The fourth-order valence-electron chi connectivity index (χ4n) is 6.47. The van der Waals surface area contributed by atoms with Crippen molar-refractivity contribution >= 4 is 11.1 Å². The second-order valence-electron chi connectivity index (χ2n) is 10.5. The molecule has 0 amide bonds. The Morgan fingerprint density at radius 2 is 1.08 bits per heavy atom. The maximum atomic E-state index is 4.80. The van der Waals surface area contributed by atoms with Gasteiger partial charge in [-0.3, -0.25) is 0 Å². The molecule has 0 fully saturated rings. The molecule has 0 N–H and O–H groups in total. The van der Waals surface area contributed by atoms with Gasteiger partial charge in [-0.2, -0.15) is 0 Å². The molecular weight excluding hydrogens is 456 g/mol. The van der Waals surface area contributed by atoms with E-state index >= 15 is 0 Å². The Balaban J connectivity index is 1.46. The molecule has 0 saturated carbocycles.